The lowest BCUT2D eigenvalue weighted by molar-refractivity contribution is -0.193. The minimum atomic E-state index is -5.08. The van der Waals surface area contributed by atoms with Crippen molar-refractivity contribution in [3.63, 3.8) is 0 Å². The van der Waals surface area contributed by atoms with Gasteiger partial charge in [-0.05, 0) is 36.6 Å². The molecule has 0 aliphatic carbocycles. The molecule has 16 heteroatoms. The first-order valence-corrected chi connectivity index (χ1v) is 11.5. The van der Waals surface area contributed by atoms with E-state index < -0.39 is 24.3 Å². The van der Waals surface area contributed by atoms with Gasteiger partial charge >= 0.3 is 24.3 Å². The van der Waals surface area contributed by atoms with Crippen LogP contribution in [0, 0.1) is 12.8 Å². The quantitative estimate of drug-likeness (QED) is 0.534. The predicted octanol–water partition coefficient (Wildman–Crippen LogP) is 3.17. The summed E-state index contributed by atoms with van der Waals surface area (Å²) in [7, 11) is 0. The number of halogens is 6. The van der Waals surface area contributed by atoms with E-state index in [0.29, 0.717) is 5.92 Å². The van der Waals surface area contributed by atoms with E-state index in [9.17, 15) is 26.3 Å². The van der Waals surface area contributed by atoms with Crippen LogP contribution in [0.1, 0.15) is 17.5 Å². The van der Waals surface area contributed by atoms with Gasteiger partial charge in [-0.3, -0.25) is 9.88 Å². The first-order valence-electron chi connectivity index (χ1n) is 11.5. The van der Waals surface area contributed by atoms with Gasteiger partial charge < -0.3 is 19.8 Å². The van der Waals surface area contributed by atoms with Crippen molar-refractivity contribution in [2.45, 2.75) is 38.3 Å². The molecular formula is C23H27F6N5O5. The van der Waals surface area contributed by atoms with Gasteiger partial charge in [0.2, 0.25) is 5.95 Å². The number of aromatic nitrogens is 3. The first-order chi connectivity index (χ1) is 18.2. The standard InChI is InChI=1S/C19H25N5O.2C2HF3O2/c1-15-10-21-19(22-11-15)24-7-4-17-13-23(8-9-25-18(17)14-24)12-16-2-5-20-6-3-16;2*3-2(4,5)1(6)7/h2-3,5-6,10-11,17-18H,4,7-9,12-14H2,1H3;2*(H,6,7)/t17-,18-;;/m1../s1. The fourth-order valence-corrected chi connectivity index (χ4v) is 3.74. The maximum Gasteiger partial charge on any atom is 0.490 e. The Balaban J connectivity index is 0.000000317. The summed E-state index contributed by atoms with van der Waals surface area (Å²) in [5.74, 6) is -4.11. The van der Waals surface area contributed by atoms with Crippen molar-refractivity contribution < 1.29 is 50.9 Å². The zero-order chi connectivity index (χ0) is 29.2. The van der Waals surface area contributed by atoms with Gasteiger partial charge in [0, 0.05) is 63.4 Å². The van der Waals surface area contributed by atoms with Gasteiger partial charge in [-0.1, -0.05) is 0 Å². The highest BCUT2D eigenvalue weighted by atomic mass is 19.4. The summed E-state index contributed by atoms with van der Waals surface area (Å²) in [6, 6.07) is 4.20. The molecule has 0 saturated carbocycles. The lowest BCUT2D eigenvalue weighted by atomic mass is 9.93. The molecule has 2 aliphatic heterocycles. The average molecular weight is 567 g/mol. The third-order valence-electron chi connectivity index (χ3n) is 5.62. The molecule has 0 spiro atoms. The number of ether oxygens (including phenoxy) is 1. The maximum atomic E-state index is 10.6. The monoisotopic (exact) mass is 567 g/mol. The SMILES string of the molecule is Cc1cnc(N2CC[C@@H]3CN(Cc4ccncc4)CCO[C@@H]3C2)nc1.O=C(O)C(F)(F)F.O=C(O)C(F)(F)F. The van der Waals surface area contributed by atoms with Crippen LogP contribution in [0.4, 0.5) is 32.3 Å². The van der Waals surface area contributed by atoms with Crippen LogP contribution >= 0.6 is 0 Å². The summed E-state index contributed by atoms with van der Waals surface area (Å²) in [5.41, 5.74) is 2.41. The number of piperidine rings is 1. The van der Waals surface area contributed by atoms with E-state index in [1.807, 2.05) is 31.7 Å². The van der Waals surface area contributed by atoms with Crippen LogP contribution < -0.4 is 4.90 Å². The number of aryl methyl sites for hydroxylation is 1. The number of fused-ring (bicyclic) bond motifs is 1. The Hall–Kier alpha value is -3.53. The van der Waals surface area contributed by atoms with Crippen LogP contribution in [0.3, 0.4) is 0 Å². The number of aliphatic carboxylic acids is 2. The summed E-state index contributed by atoms with van der Waals surface area (Å²) in [4.78, 5) is 35.6. The van der Waals surface area contributed by atoms with Gasteiger partial charge in [0.1, 0.15) is 0 Å². The Morgan fingerprint density at radius 1 is 0.974 bits per heavy atom. The van der Waals surface area contributed by atoms with E-state index in [1.165, 1.54) is 5.56 Å². The second-order valence-electron chi connectivity index (χ2n) is 8.66. The van der Waals surface area contributed by atoms with Gasteiger partial charge in [0.25, 0.3) is 0 Å². The Morgan fingerprint density at radius 3 is 2.03 bits per heavy atom. The molecule has 0 unspecified atom stereocenters. The third-order valence-corrected chi connectivity index (χ3v) is 5.62. The van der Waals surface area contributed by atoms with Gasteiger partial charge in [-0.2, -0.15) is 26.3 Å². The van der Waals surface area contributed by atoms with Gasteiger partial charge in [-0.25, -0.2) is 19.6 Å². The molecule has 2 fully saturated rings. The largest absolute Gasteiger partial charge is 0.490 e. The molecule has 2 saturated heterocycles. The number of hydrogen-bond acceptors (Lipinski definition) is 8. The lowest BCUT2D eigenvalue weighted by Gasteiger charge is -2.38. The summed E-state index contributed by atoms with van der Waals surface area (Å²) in [6.45, 7) is 7.73. The highest BCUT2D eigenvalue weighted by molar-refractivity contribution is 5.73. The number of carboxylic acid groups (broad SMARTS) is 2. The molecular weight excluding hydrogens is 540 g/mol. The molecule has 2 aliphatic rings. The molecule has 2 aromatic rings. The normalized spacial score (nSPS) is 19.8. The summed E-state index contributed by atoms with van der Waals surface area (Å²) >= 11 is 0. The Morgan fingerprint density at radius 2 is 1.51 bits per heavy atom. The lowest BCUT2D eigenvalue weighted by Crippen LogP contribution is -2.47. The Bertz CT molecular complexity index is 1030. The maximum absolute atomic E-state index is 10.6. The van der Waals surface area contributed by atoms with Crippen molar-refractivity contribution >= 4 is 17.9 Å². The molecule has 0 bridgehead atoms. The van der Waals surface area contributed by atoms with Crippen LogP contribution in [0.5, 0.6) is 0 Å². The molecule has 39 heavy (non-hydrogen) atoms. The molecule has 2 atom stereocenters. The zero-order valence-electron chi connectivity index (χ0n) is 20.7. The van der Waals surface area contributed by atoms with Crippen molar-refractivity contribution in [1.82, 2.24) is 19.9 Å². The molecule has 10 nitrogen and oxygen atoms in total. The average Bonchev–Trinajstić information content (AvgIpc) is 3.06. The Kier molecular flexibility index (Phi) is 11.4. The number of rotatable bonds is 3. The molecule has 2 N–H and O–H groups in total. The molecule has 0 amide bonds. The highest BCUT2D eigenvalue weighted by Crippen LogP contribution is 2.26. The molecule has 2 aromatic heterocycles. The van der Waals surface area contributed by atoms with E-state index in [2.05, 4.69) is 36.9 Å². The molecule has 4 rings (SSSR count). The number of anilines is 1. The van der Waals surface area contributed by atoms with Crippen LogP contribution in [0.25, 0.3) is 0 Å². The summed E-state index contributed by atoms with van der Waals surface area (Å²) in [6.07, 6.45) is -1.27. The van der Waals surface area contributed by atoms with Crippen LogP contribution in [0.15, 0.2) is 36.9 Å². The highest BCUT2D eigenvalue weighted by Gasteiger charge is 2.39. The fourth-order valence-electron chi connectivity index (χ4n) is 3.74. The van der Waals surface area contributed by atoms with Gasteiger partial charge in [-0.15, -0.1) is 0 Å². The van der Waals surface area contributed by atoms with Gasteiger partial charge in [0.05, 0.1) is 12.7 Å². The van der Waals surface area contributed by atoms with E-state index in [4.69, 9.17) is 24.5 Å². The zero-order valence-corrected chi connectivity index (χ0v) is 20.7. The first kappa shape index (κ1) is 31.7. The second-order valence-corrected chi connectivity index (χ2v) is 8.66. The van der Waals surface area contributed by atoms with Crippen molar-refractivity contribution in [2.75, 3.05) is 37.7 Å². The third kappa shape index (κ3) is 11.0. The van der Waals surface area contributed by atoms with Crippen LogP contribution in [0.2, 0.25) is 0 Å². The second kappa shape index (κ2) is 14.0. The van der Waals surface area contributed by atoms with Gasteiger partial charge in [0.15, 0.2) is 0 Å². The smallest absolute Gasteiger partial charge is 0.475 e. The predicted molar refractivity (Wildman–Crippen MR) is 124 cm³/mol. The molecule has 4 heterocycles. The van der Waals surface area contributed by atoms with E-state index in [0.717, 1.165) is 57.3 Å². The summed E-state index contributed by atoms with van der Waals surface area (Å²) in [5, 5.41) is 14.2. The molecule has 0 aromatic carbocycles. The van der Waals surface area contributed by atoms with Crippen molar-refractivity contribution in [3.8, 4) is 0 Å². The number of carbonyl (C=O) groups is 2. The minimum absolute atomic E-state index is 0.265. The van der Waals surface area contributed by atoms with E-state index in [1.54, 1.807) is 0 Å². The number of nitrogens with zero attached hydrogens (tertiary/aromatic N) is 5. The Labute approximate surface area is 219 Å². The number of pyridine rings is 1. The van der Waals surface area contributed by atoms with E-state index >= 15 is 0 Å². The van der Waals surface area contributed by atoms with Crippen molar-refractivity contribution in [1.29, 1.82) is 0 Å². The minimum Gasteiger partial charge on any atom is -0.475 e. The van der Waals surface area contributed by atoms with Crippen molar-refractivity contribution in [3.05, 3.63) is 48.0 Å². The number of carboxylic acids is 2. The number of hydrogen-bond donors (Lipinski definition) is 2. The van der Waals surface area contributed by atoms with E-state index in [-0.39, 0.29) is 6.10 Å². The van der Waals surface area contributed by atoms with Crippen LogP contribution in [-0.4, -0.2) is 93.2 Å². The molecule has 216 valence electrons. The fraction of sp³-hybridized carbons (Fsp3) is 0.522. The number of alkyl halides is 6. The van der Waals surface area contributed by atoms with Crippen molar-refractivity contribution in [2.24, 2.45) is 5.92 Å². The topological polar surface area (TPSA) is 129 Å². The summed E-state index contributed by atoms with van der Waals surface area (Å²) < 4.78 is 69.7. The molecule has 0 radical (unpaired) electrons. The van der Waals surface area contributed by atoms with Crippen LogP contribution in [-0.2, 0) is 20.9 Å².